The van der Waals surface area contributed by atoms with Gasteiger partial charge in [-0.2, -0.15) is 0 Å². The third-order valence-corrected chi connectivity index (χ3v) is 5.52. The highest BCUT2D eigenvalue weighted by molar-refractivity contribution is 9.10. The third kappa shape index (κ3) is 2.21. The standard InChI is InChI=1S/C22H13BrClN/c23-15-10-12-17-18-11-9-14-5-1-2-6-16(14)22(18)25(21(17)13-15)20-8-4-3-7-19(20)24/h1-13H. The number of hydrogen-bond donors (Lipinski definition) is 0. The monoisotopic (exact) mass is 405 g/mol. The van der Waals surface area contributed by atoms with Gasteiger partial charge in [0.2, 0.25) is 0 Å². The molecule has 5 rings (SSSR count). The van der Waals surface area contributed by atoms with Crippen LogP contribution in [0.5, 0.6) is 0 Å². The first-order valence-electron chi connectivity index (χ1n) is 8.10. The lowest BCUT2D eigenvalue weighted by atomic mass is 10.1. The summed E-state index contributed by atoms with van der Waals surface area (Å²) in [6.07, 6.45) is 0. The molecule has 0 aliphatic rings. The molecule has 120 valence electrons. The molecule has 0 saturated heterocycles. The summed E-state index contributed by atoms with van der Waals surface area (Å²) in [5.41, 5.74) is 3.34. The van der Waals surface area contributed by atoms with Crippen LogP contribution in [-0.2, 0) is 0 Å². The Labute approximate surface area is 158 Å². The maximum Gasteiger partial charge on any atom is 0.0648 e. The fraction of sp³-hybridized carbons (Fsp3) is 0. The SMILES string of the molecule is Clc1ccccc1-n1c2cc(Br)ccc2c2ccc3ccccc3c21. The van der Waals surface area contributed by atoms with Crippen molar-refractivity contribution in [1.29, 1.82) is 0 Å². The van der Waals surface area contributed by atoms with Crippen LogP contribution in [0.2, 0.25) is 5.02 Å². The molecule has 0 radical (unpaired) electrons. The Morgan fingerprint density at radius 2 is 1.48 bits per heavy atom. The van der Waals surface area contributed by atoms with Crippen molar-refractivity contribution in [2.24, 2.45) is 0 Å². The molecular weight excluding hydrogens is 394 g/mol. The highest BCUT2D eigenvalue weighted by atomic mass is 79.9. The van der Waals surface area contributed by atoms with Crippen LogP contribution in [0.1, 0.15) is 0 Å². The van der Waals surface area contributed by atoms with Gasteiger partial charge in [0.1, 0.15) is 0 Å². The molecule has 0 unspecified atom stereocenters. The smallest absolute Gasteiger partial charge is 0.0648 e. The maximum absolute atomic E-state index is 6.57. The molecule has 0 aliphatic carbocycles. The summed E-state index contributed by atoms with van der Waals surface area (Å²) in [6, 6.07) is 27.3. The second-order valence-corrected chi connectivity index (χ2v) is 7.45. The largest absolute Gasteiger partial charge is 0.307 e. The van der Waals surface area contributed by atoms with Crippen LogP contribution in [0.25, 0.3) is 38.3 Å². The van der Waals surface area contributed by atoms with Crippen LogP contribution in [0.15, 0.2) is 83.3 Å². The minimum atomic E-state index is 0.745. The van der Waals surface area contributed by atoms with E-state index in [-0.39, 0.29) is 0 Å². The molecule has 0 saturated carbocycles. The van der Waals surface area contributed by atoms with E-state index in [4.69, 9.17) is 11.6 Å². The lowest BCUT2D eigenvalue weighted by Gasteiger charge is -2.11. The summed E-state index contributed by atoms with van der Waals surface area (Å²) in [7, 11) is 0. The van der Waals surface area contributed by atoms with E-state index in [0.717, 1.165) is 20.7 Å². The predicted octanol–water partition coefficient (Wildman–Crippen LogP) is 7.35. The minimum Gasteiger partial charge on any atom is -0.307 e. The quantitative estimate of drug-likeness (QED) is 0.274. The van der Waals surface area contributed by atoms with Gasteiger partial charge in [0, 0.05) is 20.6 Å². The number of hydrogen-bond acceptors (Lipinski definition) is 0. The molecule has 3 heteroatoms. The van der Waals surface area contributed by atoms with E-state index >= 15 is 0 Å². The Morgan fingerprint density at radius 1 is 0.720 bits per heavy atom. The highest BCUT2D eigenvalue weighted by Crippen LogP contribution is 2.38. The molecule has 0 aliphatic heterocycles. The molecule has 0 bridgehead atoms. The van der Waals surface area contributed by atoms with Gasteiger partial charge in [-0.15, -0.1) is 0 Å². The van der Waals surface area contributed by atoms with E-state index in [1.54, 1.807) is 0 Å². The zero-order valence-electron chi connectivity index (χ0n) is 13.2. The second-order valence-electron chi connectivity index (χ2n) is 6.13. The molecule has 0 atom stereocenters. The molecule has 5 aromatic rings. The number of nitrogens with zero attached hydrogens (tertiary/aromatic N) is 1. The van der Waals surface area contributed by atoms with Gasteiger partial charge in [-0.05, 0) is 29.7 Å². The van der Waals surface area contributed by atoms with Crippen molar-refractivity contribution in [3.63, 3.8) is 0 Å². The Balaban J connectivity index is 2.10. The number of fused-ring (bicyclic) bond motifs is 5. The predicted molar refractivity (Wildman–Crippen MR) is 111 cm³/mol. The van der Waals surface area contributed by atoms with E-state index in [1.165, 1.54) is 27.1 Å². The summed E-state index contributed by atoms with van der Waals surface area (Å²) < 4.78 is 3.33. The number of halogens is 2. The summed E-state index contributed by atoms with van der Waals surface area (Å²) >= 11 is 10.2. The summed E-state index contributed by atoms with van der Waals surface area (Å²) in [6.45, 7) is 0. The van der Waals surface area contributed by atoms with Crippen molar-refractivity contribution >= 4 is 60.1 Å². The number of para-hydroxylation sites is 1. The zero-order valence-corrected chi connectivity index (χ0v) is 15.6. The Kier molecular flexibility index (Phi) is 3.37. The van der Waals surface area contributed by atoms with Crippen LogP contribution in [0, 0.1) is 0 Å². The van der Waals surface area contributed by atoms with Crippen molar-refractivity contribution in [1.82, 2.24) is 4.57 Å². The lowest BCUT2D eigenvalue weighted by Crippen LogP contribution is -1.95. The third-order valence-electron chi connectivity index (χ3n) is 4.71. The van der Waals surface area contributed by atoms with Crippen LogP contribution in [0.4, 0.5) is 0 Å². The summed E-state index contributed by atoms with van der Waals surface area (Å²) in [5.74, 6) is 0. The van der Waals surface area contributed by atoms with Gasteiger partial charge in [0.15, 0.2) is 0 Å². The van der Waals surface area contributed by atoms with Gasteiger partial charge >= 0.3 is 0 Å². The van der Waals surface area contributed by atoms with Gasteiger partial charge < -0.3 is 4.57 Å². The van der Waals surface area contributed by atoms with Crippen LogP contribution >= 0.6 is 27.5 Å². The van der Waals surface area contributed by atoms with E-state index in [9.17, 15) is 0 Å². The second kappa shape index (κ2) is 5.62. The Hall–Kier alpha value is -2.29. The van der Waals surface area contributed by atoms with Gasteiger partial charge in [-0.25, -0.2) is 0 Å². The van der Waals surface area contributed by atoms with Gasteiger partial charge in [0.05, 0.1) is 21.7 Å². The zero-order chi connectivity index (χ0) is 17.0. The first kappa shape index (κ1) is 15.0. The molecule has 0 spiro atoms. The minimum absolute atomic E-state index is 0.745. The first-order valence-corrected chi connectivity index (χ1v) is 9.27. The molecule has 1 heterocycles. The normalized spacial score (nSPS) is 11.6. The van der Waals surface area contributed by atoms with Crippen LogP contribution in [-0.4, -0.2) is 4.57 Å². The summed E-state index contributed by atoms with van der Waals surface area (Å²) in [4.78, 5) is 0. The van der Waals surface area contributed by atoms with Crippen molar-refractivity contribution < 1.29 is 0 Å². The molecule has 4 aromatic carbocycles. The molecule has 0 N–H and O–H groups in total. The molecule has 25 heavy (non-hydrogen) atoms. The topological polar surface area (TPSA) is 4.93 Å². The average molecular weight is 407 g/mol. The summed E-state index contributed by atoms with van der Waals surface area (Å²) in [5, 5.41) is 5.66. The van der Waals surface area contributed by atoms with E-state index < -0.39 is 0 Å². The van der Waals surface area contributed by atoms with E-state index in [0.29, 0.717) is 0 Å². The Bertz CT molecular complexity index is 1270. The molecule has 1 aromatic heterocycles. The molecule has 0 fully saturated rings. The molecule has 0 amide bonds. The lowest BCUT2D eigenvalue weighted by molar-refractivity contribution is 1.19. The average Bonchev–Trinajstić information content (AvgIpc) is 2.96. The molecular formula is C22H13BrClN. The fourth-order valence-corrected chi connectivity index (χ4v) is 4.20. The maximum atomic E-state index is 6.57. The Morgan fingerprint density at radius 3 is 2.36 bits per heavy atom. The van der Waals surface area contributed by atoms with Crippen molar-refractivity contribution in [2.75, 3.05) is 0 Å². The van der Waals surface area contributed by atoms with Crippen molar-refractivity contribution in [3.05, 3.63) is 88.4 Å². The van der Waals surface area contributed by atoms with Gasteiger partial charge in [0.25, 0.3) is 0 Å². The van der Waals surface area contributed by atoms with Gasteiger partial charge in [-0.1, -0.05) is 82.1 Å². The highest BCUT2D eigenvalue weighted by Gasteiger charge is 2.16. The first-order chi connectivity index (χ1) is 12.2. The van der Waals surface area contributed by atoms with Crippen LogP contribution < -0.4 is 0 Å². The van der Waals surface area contributed by atoms with E-state index in [2.05, 4.69) is 81.2 Å². The number of rotatable bonds is 1. The van der Waals surface area contributed by atoms with Gasteiger partial charge in [-0.3, -0.25) is 0 Å². The van der Waals surface area contributed by atoms with Crippen molar-refractivity contribution in [2.45, 2.75) is 0 Å². The number of aromatic nitrogens is 1. The van der Waals surface area contributed by atoms with Crippen molar-refractivity contribution in [3.8, 4) is 5.69 Å². The fourth-order valence-electron chi connectivity index (χ4n) is 3.63. The van der Waals surface area contributed by atoms with Crippen LogP contribution in [0.3, 0.4) is 0 Å². The van der Waals surface area contributed by atoms with E-state index in [1.807, 2.05) is 18.2 Å². The number of benzene rings is 4. The molecule has 1 nitrogen and oxygen atoms in total.